The fourth-order valence-electron chi connectivity index (χ4n) is 4.83. The highest BCUT2D eigenvalue weighted by atomic mass is 14.6. The molecule has 0 bridgehead atoms. The van der Waals surface area contributed by atoms with Crippen molar-refractivity contribution in [1.82, 2.24) is 0 Å². The SMILES string of the molecule is CCCCCC1(C2(C#N)CCCCC2)CCCCC1. The lowest BCUT2D eigenvalue weighted by atomic mass is 9.51. The van der Waals surface area contributed by atoms with E-state index in [4.69, 9.17) is 0 Å². The number of hydrogen-bond acceptors (Lipinski definition) is 1. The molecule has 2 saturated carbocycles. The van der Waals surface area contributed by atoms with Gasteiger partial charge in [0.2, 0.25) is 0 Å². The third-order valence-electron chi connectivity index (χ3n) is 6.01. The summed E-state index contributed by atoms with van der Waals surface area (Å²) in [6.45, 7) is 2.29. The van der Waals surface area contributed by atoms with E-state index in [0.29, 0.717) is 5.41 Å². The lowest BCUT2D eigenvalue weighted by Crippen LogP contribution is -2.44. The maximum Gasteiger partial charge on any atom is 0.0695 e. The second-order valence-electron chi connectivity index (χ2n) is 7.05. The van der Waals surface area contributed by atoms with Gasteiger partial charge in [0.15, 0.2) is 0 Å². The molecule has 0 atom stereocenters. The molecule has 0 aromatic heterocycles. The van der Waals surface area contributed by atoms with Crippen molar-refractivity contribution in [2.75, 3.05) is 0 Å². The number of hydrogen-bond donors (Lipinski definition) is 0. The first-order valence-corrected chi connectivity index (χ1v) is 8.70. The molecule has 2 rings (SSSR count). The molecule has 0 amide bonds. The van der Waals surface area contributed by atoms with Gasteiger partial charge in [0.05, 0.1) is 11.5 Å². The summed E-state index contributed by atoms with van der Waals surface area (Å²) in [5.74, 6) is 0. The number of unbranched alkanes of at least 4 members (excludes halogenated alkanes) is 2. The molecular formula is C18H31N. The van der Waals surface area contributed by atoms with Crippen molar-refractivity contribution < 1.29 is 0 Å². The van der Waals surface area contributed by atoms with Crippen LogP contribution >= 0.6 is 0 Å². The molecule has 0 radical (unpaired) electrons. The Morgan fingerprint density at radius 1 is 0.842 bits per heavy atom. The summed E-state index contributed by atoms with van der Waals surface area (Å²) in [6, 6.07) is 2.85. The molecule has 0 spiro atoms. The minimum absolute atomic E-state index is 0.0411. The van der Waals surface area contributed by atoms with Gasteiger partial charge >= 0.3 is 0 Å². The Morgan fingerprint density at radius 2 is 1.42 bits per heavy atom. The molecule has 0 N–H and O–H groups in total. The smallest absolute Gasteiger partial charge is 0.0695 e. The van der Waals surface area contributed by atoms with Crippen LogP contribution in [0.5, 0.6) is 0 Å². The van der Waals surface area contributed by atoms with Crippen molar-refractivity contribution in [3.8, 4) is 6.07 Å². The molecule has 108 valence electrons. The Hall–Kier alpha value is -0.510. The molecular weight excluding hydrogens is 230 g/mol. The summed E-state index contributed by atoms with van der Waals surface area (Å²) in [5.41, 5.74) is 0.426. The highest BCUT2D eigenvalue weighted by Crippen LogP contribution is 2.58. The lowest BCUT2D eigenvalue weighted by molar-refractivity contribution is 0.000558. The van der Waals surface area contributed by atoms with Gasteiger partial charge in [-0.3, -0.25) is 0 Å². The van der Waals surface area contributed by atoms with Crippen molar-refractivity contribution in [2.45, 2.75) is 96.8 Å². The van der Waals surface area contributed by atoms with Crippen LogP contribution in [0.4, 0.5) is 0 Å². The Bertz CT molecular complexity index is 300. The third-order valence-corrected chi connectivity index (χ3v) is 6.01. The van der Waals surface area contributed by atoms with E-state index in [1.54, 1.807) is 0 Å². The first kappa shape index (κ1) is 14.9. The molecule has 1 heteroatoms. The van der Waals surface area contributed by atoms with Crippen LogP contribution in [0.15, 0.2) is 0 Å². The summed E-state index contributed by atoms with van der Waals surface area (Å²) in [7, 11) is 0. The Kier molecular flexibility index (Phi) is 5.31. The number of rotatable bonds is 5. The van der Waals surface area contributed by atoms with Gasteiger partial charge < -0.3 is 0 Å². The minimum Gasteiger partial charge on any atom is -0.198 e. The monoisotopic (exact) mass is 261 g/mol. The molecule has 0 heterocycles. The summed E-state index contributed by atoms with van der Waals surface area (Å²) in [5, 5.41) is 9.97. The van der Waals surface area contributed by atoms with E-state index in [-0.39, 0.29) is 5.41 Å². The van der Waals surface area contributed by atoms with Crippen LogP contribution in [0, 0.1) is 22.2 Å². The Labute approximate surface area is 119 Å². The maximum absolute atomic E-state index is 9.97. The zero-order valence-electron chi connectivity index (χ0n) is 12.8. The van der Waals surface area contributed by atoms with E-state index in [2.05, 4.69) is 13.0 Å². The average molecular weight is 261 g/mol. The van der Waals surface area contributed by atoms with Crippen LogP contribution in [-0.2, 0) is 0 Å². The molecule has 0 unspecified atom stereocenters. The average Bonchev–Trinajstić information content (AvgIpc) is 2.49. The third kappa shape index (κ3) is 2.99. The highest BCUT2D eigenvalue weighted by molar-refractivity contribution is 5.12. The van der Waals surface area contributed by atoms with Crippen LogP contribution in [-0.4, -0.2) is 0 Å². The van der Waals surface area contributed by atoms with Gasteiger partial charge in [-0.1, -0.05) is 64.7 Å². The summed E-state index contributed by atoms with van der Waals surface area (Å²) < 4.78 is 0. The summed E-state index contributed by atoms with van der Waals surface area (Å²) in [4.78, 5) is 0. The van der Waals surface area contributed by atoms with Gasteiger partial charge in [-0.15, -0.1) is 0 Å². The van der Waals surface area contributed by atoms with Gasteiger partial charge in [0, 0.05) is 0 Å². The first-order valence-electron chi connectivity index (χ1n) is 8.70. The predicted octanol–water partition coefficient (Wildman–Crippen LogP) is 5.99. The van der Waals surface area contributed by atoms with Crippen LogP contribution in [0.1, 0.15) is 96.8 Å². The molecule has 1 nitrogen and oxygen atoms in total. The van der Waals surface area contributed by atoms with Crippen LogP contribution in [0.2, 0.25) is 0 Å². The van der Waals surface area contributed by atoms with Crippen LogP contribution in [0.3, 0.4) is 0 Å². The van der Waals surface area contributed by atoms with Crippen molar-refractivity contribution in [3.05, 3.63) is 0 Å². The standard InChI is InChI=1S/C18H31N/c1-2-3-6-11-17(12-7-4-8-13-17)18(16-19)14-9-5-10-15-18/h2-15H2,1H3. The normalized spacial score (nSPS) is 25.7. The molecule has 0 aromatic rings. The van der Waals surface area contributed by atoms with E-state index in [0.717, 1.165) is 0 Å². The van der Waals surface area contributed by atoms with Gasteiger partial charge in [0.25, 0.3) is 0 Å². The second kappa shape index (κ2) is 6.78. The van der Waals surface area contributed by atoms with Gasteiger partial charge in [-0.05, 0) is 37.5 Å². The zero-order valence-corrected chi connectivity index (χ0v) is 12.8. The summed E-state index contributed by atoms with van der Waals surface area (Å²) >= 11 is 0. The molecule has 0 aromatic carbocycles. The molecule has 2 aliphatic carbocycles. The number of nitrogens with zero attached hydrogens (tertiary/aromatic N) is 1. The molecule has 2 fully saturated rings. The van der Waals surface area contributed by atoms with Gasteiger partial charge in [-0.2, -0.15) is 5.26 Å². The minimum atomic E-state index is 0.0411. The fraction of sp³-hybridized carbons (Fsp3) is 0.944. The molecule has 0 aliphatic heterocycles. The van der Waals surface area contributed by atoms with Gasteiger partial charge in [-0.25, -0.2) is 0 Å². The van der Waals surface area contributed by atoms with Crippen molar-refractivity contribution >= 4 is 0 Å². The van der Waals surface area contributed by atoms with E-state index < -0.39 is 0 Å². The quantitative estimate of drug-likeness (QED) is 0.557. The largest absolute Gasteiger partial charge is 0.198 e. The van der Waals surface area contributed by atoms with E-state index >= 15 is 0 Å². The van der Waals surface area contributed by atoms with E-state index in [9.17, 15) is 5.26 Å². The van der Waals surface area contributed by atoms with Crippen LogP contribution < -0.4 is 0 Å². The molecule has 2 aliphatic rings. The fourth-order valence-corrected chi connectivity index (χ4v) is 4.83. The molecule has 0 saturated heterocycles. The van der Waals surface area contributed by atoms with Gasteiger partial charge in [0.1, 0.15) is 0 Å². The Morgan fingerprint density at radius 3 is 1.95 bits per heavy atom. The number of nitriles is 1. The predicted molar refractivity (Wildman–Crippen MR) is 80.8 cm³/mol. The van der Waals surface area contributed by atoms with Crippen LogP contribution in [0.25, 0.3) is 0 Å². The van der Waals surface area contributed by atoms with E-state index in [1.807, 2.05) is 0 Å². The zero-order chi connectivity index (χ0) is 13.6. The van der Waals surface area contributed by atoms with E-state index in [1.165, 1.54) is 89.9 Å². The van der Waals surface area contributed by atoms with Crippen molar-refractivity contribution in [3.63, 3.8) is 0 Å². The van der Waals surface area contributed by atoms with Crippen molar-refractivity contribution in [1.29, 1.82) is 5.26 Å². The highest BCUT2D eigenvalue weighted by Gasteiger charge is 2.51. The maximum atomic E-state index is 9.97. The molecule has 19 heavy (non-hydrogen) atoms. The summed E-state index contributed by atoms with van der Waals surface area (Å²) in [6.07, 6.45) is 18.5. The van der Waals surface area contributed by atoms with Crippen molar-refractivity contribution in [2.24, 2.45) is 10.8 Å². The second-order valence-corrected chi connectivity index (χ2v) is 7.05. The topological polar surface area (TPSA) is 23.8 Å². The Balaban J connectivity index is 2.16. The lowest BCUT2D eigenvalue weighted by Gasteiger charge is -2.51. The first-order chi connectivity index (χ1) is 9.29.